The molecular formula is C23H22ClN3O4S. The van der Waals surface area contributed by atoms with E-state index in [1.165, 1.54) is 36.4 Å². The second-order valence-electron chi connectivity index (χ2n) is 7.21. The van der Waals surface area contributed by atoms with E-state index in [9.17, 15) is 18.0 Å². The van der Waals surface area contributed by atoms with Gasteiger partial charge >= 0.3 is 0 Å². The smallest absolute Gasteiger partial charge is 0.248 e. The van der Waals surface area contributed by atoms with Gasteiger partial charge in [-0.2, -0.15) is 4.31 Å². The highest BCUT2D eigenvalue weighted by Gasteiger charge is 2.27. The largest absolute Gasteiger partial charge is 0.366 e. The number of nitrogens with zero attached hydrogens (tertiary/aromatic N) is 1. The number of sulfonamides is 1. The summed E-state index contributed by atoms with van der Waals surface area (Å²) in [5, 5.41) is 3.11. The molecule has 166 valence electrons. The summed E-state index contributed by atoms with van der Waals surface area (Å²) in [4.78, 5) is 24.0. The predicted molar refractivity (Wildman–Crippen MR) is 124 cm³/mol. The molecule has 7 nitrogen and oxygen atoms in total. The lowest BCUT2D eigenvalue weighted by molar-refractivity contribution is -0.116. The molecule has 0 saturated carbocycles. The lowest BCUT2D eigenvalue weighted by Gasteiger charge is -2.22. The number of amides is 2. The van der Waals surface area contributed by atoms with Crippen LogP contribution in [0.1, 0.15) is 21.5 Å². The molecule has 9 heteroatoms. The maximum atomic E-state index is 13.3. The summed E-state index contributed by atoms with van der Waals surface area (Å²) in [6.45, 7) is 1.40. The van der Waals surface area contributed by atoms with Crippen LogP contribution in [0.15, 0.2) is 77.7 Å². The molecule has 0 radical (unpaired) electrons. The van der Waals surface area contributed by atoms with Gasteiger partial charge in [-0.05, 0) is 61.0 Å². The van der Waals surface area contributed by atoms with E-state index in [1.54, 1.807) is 36.4 Å². The van der Waals surface area contributed by atoms with E-state index in [4.69, 9.17) is 17.3 Å². The number of nitrogens with one attached hydrogen (secondary N) is 1. The van der Waals surface area contributed by atoms with Crippen LogP contribution in [-0.2, 0) is 21.4 Å². The molecule has 0 aliphatic rings. The maximum absolute atomic E-state index is 13.3. The molecule has 32 heavy (non-hydrogen) atoms. The second kappa shape index (κ2) is 9.95. The normalized spacial score (nSPS) is 11.3. The van der Waals surface area contributed by atoms with Crippen molar-refractivity contribution in [2.24, 2.45) is 5.73 Å². The number of rotatable bonds is 8. The lowest BCUT2D eigenvalue weighted by atomic mass is 10.2. The molecule has 0 unspecified atom stereocenters. The quantitative estimate of drug-likeness (QED) is 0.523. The number of hydrogen-bond donors (Lipinski definition) is 2. The zero-order chi connectivity index (χ0) is 23.3. The van der Waals surface area contributed by atoms with Gasteiger partial charge in [-0.25, -0.2) is 8.42 Å². The number of benzene rings is 3. The van der Waals surface area contributed by atoms with Crippen molar-refractivity contribution in [2.45, 2.75) is 18.4 Å². The Bertz CT molecular complexity index is 1230. The number of carbonyl (C=O) groups excluding carboxylic acids is 2. The van der Waals surface area contributed by atoms with Crippen LogP contribution in [-0.4, -0.2) is 31.1 Å². The molecule has 3 rings (SSSR count). The summed E-state index contributed by atoms with van der Waals surface area (Å²) in [7, 11) is -3.97. The molecule has 0 aromatic heterocycles. The van der Waals surface area contributed by atoms with Crippen molar-refractivity contribution in [3.8, 4) is 0 Å². The van der Waals surface area contributed by atoms with E-state index in [0.717, 1.165) is 9.87 Å². The van der Waals surface area contributed by atoms with Gasteiger partial charge in [0.15, 0.2) is 0 Å². The zero-order valence-electron chi connectivity index (χ0n) is 17.3. The van der Waals surface area contributed by atoms with Crippen LogP contribution in [0.5, 0.6) is 0 Å². The second-order valence-corrected chi connectivity index (χ2v) is 9.58. The monoisotopic (exact) mass is 471 g/mol. The highest BCUT2D eigenvalue weighted by molar-refractivity contribution is 7.89. The highest BCUT2D eigenvalue weighted by atomic mass is 35.5. The number of aryl methyl sites for hydroxylation is 1. The predicted octanol–water partition coefficient (Wildman–Crippen LogP) is 3.58. The fourth-order valence-corrected chi connectivity index (χ4v) is 4.60. The van der Waals surface area contributed by atoms with Crippen LogP contribution >= 0.6 is 11.6 Å². The molecule has 0 aliphatic heterocycles. The Balaban J connectivity index is 1.85. The van der Waals surface area contributed by atoms with Crippen LogP contribution in [0.3, 0.4) is 0 Å². The van der Waals surface area contributed by atoms with Gasteiger partial charge in [0.25, 0.3) is 0 Å². The number of primary amides is 1. The Labute approximate surface area is 191 Å². The van der Waals surface area contributed by atoms with Crippen molar-refractivity contribution in [2.75, 3.05) is 11.9 Å². The molecule has 2 amide bonds. The highest BCUT2D eigenvalue weighted by Crippen LogP contribution is 2.21. The molecule has 0 saturated heterocycles. The average molecular weight is 472 g/mol. The van der Waals surface area contributed by atoms with Crippen LogP contribution in [0, 0.1) is 6.92 Å². The van der Waals surface area contributed by atoms with Crippen molar-refractivity contribution >= 4 is 39.1 Å². The van der Waals surface area contributed by atoms with E-state index < -0.39 is 28.4 Å². The fraction of sp³-hybridized carbons (Fsp3) is 0.130. The molecule has 0 aliphatic carbocycles. The Hall–Kier alpha value is -3.20. The summed E-state index contributed by atoms with van der Waals surface area (Å²) in [6, 6.07) is 19.2. The number of anilines is 1. The Morgan fingerprint density at radius 1 is 1.00 bits per heavy atom. The maximum Gasteiger partial charge on any atom is 0.248 e. The summed E-state index contributed by atoms with van der Waals surface area (Å²) >= 11 is 6.04. The van der Waals surface area contributed by atoms with Gasteiger partial charge in [-0.1, -0.05) is 41.4 Å². The molecule has 0 atom stereocenters. The van der Waals surface area contributed by atoms with Crippen molar-refractivity contribution in [1.82, 2.24) is 4.31 Å². The van der Waals surface area contributed by atoms with E-state index in [2.05, 4.69) is 5.32 Å². The Morgan fingerprint density at radius 2 is 1.66 bits per heavy atom. The molecule has 3 aromatic rings. The van der Waals surface area contributed by atoms with Gasteiger partial charge in [-0.15, -0.1) is 0 Å². The van der Waals surface area contributed by atoms with Crippen LogP contribution in [0.4, 0.5) is 5.69 Å². The molecule has 0 bridgehead atoms. The van der Waals surface area contributed by atoms with Gasteiger partial charge in [0, 0.05) is 22.8 Å². The lowest BCUT2D eigenvalue weighted by Crippen LogP contribution is -2.37. The van der Waals surface area contributed by atoms with Gasteiger partial charge < -0.3 is 11.1 Å². The third-order valence-corrected chi connectivity index (χ3v) is 6.72. The minimum absolute atomic E-state index is 0.0369. The van der Waals surface area contributed by atoms with E-state index in [-0.39, 0.29) is 11.4 Å². The summed E-state index contributed by atoms with van der Waals surface area (Å²) in [5.74, 6) is -1.12. The van der Waals surface area contributed by atoms with E-state index >= 15 is 0 Å². The topological polar surface area (TPSA) is 110 Å². The first kappa shape index (κ1) is 23.5. The third-order valence-electron chi connectivity index (χ3n) is 4.68. The summed E-state index contributed by atoms with van der Waals surface area (Å²) in [5.41, 5.74) is 7.49. The van der Waals surface area contributed by atoms with Crippen LogP contribution in [0.2, 0.25) is 5.02 Å². The first-order valence-electron chi connectivity index (χ1n) is 9.66. The SMILES string of the molecule is Cc1ccc(S(=O)(=O)N(CC(=O)Nc2ccc(C(N)=O)cc2)Cc2cccc(Cl)c2)cc1. The minimum atomic E-state index is -3.97. The van der Waals surface area contributed by atoms with Gasteiger partial charge in [0.1, 0.15) is 0 Å². The van der Waals surface area contributed by atoms with Crippen molar-refractivity contribution in [3.63, 3.8) is 0 Å². The average Bonchev–Trinajstić information content (AvgIpc) is 2.74. The molecule has 3 aromatic carbocycles. The molecule has 0 fully saturated rings. The number of nitrogens with two attached hydrogens (primary N) is 1. The molecule has 3 N–H and O–H groups in total. The summed E-state index contributed by atoms with van der Waals surface area (Å²) in [6.07, 6.45) is 0. The molecular weight excluding hydrogens is 450 g/mol. The summed E-state index contributed by atoms with van der Waals surface area (Å²) < 4.78 is 27.7. The van der Waals surface area contributed by atoms with Gasteiger partial charge in [0.2, 0.25) is 21.8 Å². The molecule has 0 heterocycles. The van der Waals surface area contributed by atoms with Crippen molar-refractivity contribution in [3.05, 3.63) is 94.5 Å². The minimum Gasteiger partial charge on any atom is -0.366 e. The standard InChI is InChI=1S/C23H22ClN3O4S/c1-16-5-11-21(12-6-16)32(30,31)27(14-17-3-2-4-19(24)13-17)15-22(28)26-20-9-7-18(8-10-20)23(25)29/h2-13H,14-15H2,1H3,(H2,25,29)(H,26,28). The number of hydrogen-bond acceptors (Lipinski definition) is 4. The van der Waals surface area contributed by atoms with Gasteiger partial charge in [-0.3, -0.25) is 9.59 Å². The van der Waals surface area contributed by atoms with Crippen molar-refractivity contribution < 1.29 is 18.0 Å². The fourth-order valence-electron chi connectivity index (χ4n) is 3.00. The third kappa shape index (κ3) is 5.94. The number of carbonyl (C=O) groups is 2. The first-order chi connectivity index (χ1) is 15.1. The Morgan fingerprint density at radius 3 is 2.25 bits per heavy atom. The zero-order valence-corrected chi connectivity index (χ0v) is 18.9. The van der Waals surface area contributed by atoms with E-state index in [0.29, 0.717) is 21.8 Å². The van der Waals surface area contributed by atoms with Crippen molar-refractivity contribution in [1.29, 1.82) is 0 Å². The first-order valence-corrected chi connectivity index (χ1v) is 11.5. The Kier molecular flexibility index (Phi) is 7.29. The van der Waals surface area contributed by atoms with E-state index in [1.807, 2.05) is 6.92 Å². The van der Waals surface area contributed by atoms with Gasteiger partial charge in [0.05, 0.1) is 11.4 Å². The van der Waals surface area contributed by atoms with Crippen LogP contribution < -0.4 is 11.1 Å². The number of halogens is 1. The molecule has 0 spiro atoms. The van der Waals surface area contributed by atoms with Crippen LogP contribution in [0.25, 0.3) is 0 Å².